The number of carbonyl (C=O) groups excluding carboxylic acids is 4. The molecule has 2 aromatic carbocycles. The van der Waals surface area contributed by atoms with Crippen molar-refractivity contribution in [2.75, 3.05) is 6.54 Å². The molecule has 2 aromatic rings. The Morgan fingerprint density at radius 1 is 0.820 bits per heavy atom. The van der Waals surface area contributed by atoms with Gasteiger partial charge in [0.2, 0.25) is 11.8 Å². The molecule has 3 atom stereocenters. The fraction of sp³-hybridized carbons (Fsp3) is 0.561. The van der Waals surface area contributed by atoms with Crippen LogP contribution in [0.3, 0.4) is 0 Å². The van der Waals surface area contributed by atoms with Crippen LogP contribution in [0.15, 0.2) is 61.2 Å². The third-order valence-electron chi connectivity index (χ3n) is 7.95. The zero-order valence-electron chi connectivity index (χ0n) is 31.8. The summed E-state index contributed by atoms with van der Waals surface area (Å²) in [5, 5.41) is 5.75. The van der Waals surface area contributed by atoms with E-state index < -0.39 is 53.2 Å². The first kappa shape index (κ1) is 42.0. The lowest BCUT2D eigenvalue weighted by Gasteiger charge is -2.36. The summed E-state index contributed by atoms with van der Waals surface area (Å²) in [5.74, 6) is -1.84. The van der Waals surface area contributed by atoms with Gasteiger partial charge in [-0.2, -0.15) is 0 Å². The summed E-state index contributed by atoms with van der Waals surface area (Å²) in [6, 6.07) is 13.6. The van der Waals surface area contributed by atoms with Crippen LogP contribution in [0.1, 0.15) is 124 Å². The normalized spacial score (nSPS) is 13.5. The Morgan fingerprint density at radius 2 is 1.44 bits per heavy atom. The number of nitrogens with one attached hydrogen (secondary N) is 2. The van der Waals surface area contributed by atoms with Crippen LogP contribution in [0.4, 0.5) is 4.79 Å². The molecule has 0 radical (unpaired) electrons. The number of nitrogens with zero attached hydrogens (tertiary/aromatic N) is 1. The molecule has 0 fully saturated rings. The van der Waals surface area contributed by atoms with Gasteiger partial charge < -0.3 is 25.0 Å². The minimum Gasteiger partial charge on any atom is -0.458 e. The van der Waals surface area contributed by atoms with E-state index in [2.05, 4.69) is 24.1 Å². The van der Waals surface area contributed by atoms with Crippen molar-refractivity contribution in [3.05, 3.63) is 77.9 Å². The van der Waals surface area contributed by atoms with E-state index in [0.717, 1.165) is 43.2 Å². The zero-order chi connectivity index (χ0) is 37.5. The van der Waals surface area contributed by atoms with Crippen molar-refractivity contribution in [1.82, 2.24) is 15.5 Å². The standard InChI is InChI=1S/C41H61N3O6/c1-11-13-14-15-16-20-26-44(37(46)34(29(3)4)43-39(48)50-41(8,9)10)35(32-25-21-24-30(12-2)27-32)36(45)42-33(38(47)49-40(5,6)7)28-31-22-18-17-19-23-31/h12,17-19,21-25,27,29,33-35H,2,11,13-16,20,26,28H2,1,3-10H3,(H,42,45)(H,43,48). The molecule has 0 spiro atoms. The van der Waals surface area contributed by atoms with Gasteiger partial charge in [0.1, 0.15) is 29.3 Å². The van der Waals surface area contributed by atoms with E-state index in [1.807, 2.05) is 62.4 Å². The van der Waals surface area contributed by atoms with E-state index in [1.165, 1.54) is 0 Å². The number of hydrogen-bond donors (Lipinski definition) is 2. The molecule has 3 amide bonds. The van der Waals surface area contributed by atoms with Crippen LogP contribution < -0.4 is 10.6 Å². The number of rotatable bonds is 18. The van der Waals surface area contributed by atoms with Gasteiger partial charge in [0, 0.05) is 13.0 Å². The van der Waals surface area contributed by atoms with Crippen LogP contribution in [0.25, 0.3) is 6.08 Å². The number of alkyl carbamates (subject to hydrolysis) is 1. The third-order valence-corrected chi connectivity index (χ3v) is 7.95. The first-order chi connectivity index (χ1) is 23.5. The van der Waals surface area contributed by atoms with Gasteiger partial charge in [0.15, 0.2) is 0 Å². The third kappa shape index (κ3) is 14.8. The van der Waals surface area contributed by atoms with E-state index in [0.29, 0.717) is 12.0 Å². The van der Waals surface area contributed by atoms with Crippen molar-refractivity contribution in [2.24, 2.45) is 5.92 Å². The quantitative estimate of drug-likeness (QED) is 0.120. The Bertz CT molecular complexity index is 1390. The predicted octanol–water partition coefficient (Wildman–Crippen LogP) is 8.18. The van der Waals surface area contributed by atoms with Gasteiger partial charge in [-0.3, -0.25) is 9.59 Å². The van der Waals surface area contributed by atoms with Gasteiger partial charge in [0.25, 0.3) is 0 Å². The minimum atomic E-state index is -1.12. The fourth-order valence-corrected chi connectivity index (χ4v) is 5.55. The smallest absolute Gasteiger partial charge is 0.408 e. The van der Waals surface area contributed by atoms with Gasteiger partial charge in [-0.05, 0) is 76.6 Å². The molecule has 9 nitrogen and oxygen atoms in total. The predicted molar refractivity (Wildman–Crippen MR) is 200 cm³/mol. The van der Waals surface area contributed by atoms with E-state index >= 15 is 0 Å². The Hall–Kier alpha value is -4.14. The highest BCUT2D eigenvalue weighted by Gasteiger charge is 2.39. The monoisotopic (exact) mass is 691 g/mol. The maximum absolute atomic E-state index is 14.7. The van der Waals surface area contributed by atoms with Gasteiger partial charge in [-0.1, -0.05) is 114 Å². The lowest BCUT2D eigenvalue weighted by Crippen LogP contribution is -2.56. The van der Waals surface area contributed by atoms with Gasteiger partial charge in [-0.15, -0.1) is 0 Å². The molecule has 2 N–H and O–H groups in total. The highest BCUT2D eigenvalue weighted by atomic mass is 16.6. The molecular weight excluding hydrogens is 630 g/mol. The fourth-order valence-electron chi connectivity index (χ4n) is 5.55. The van der Waals surface area contributed by atoms with Crippen molar-refractivity contribution >= 4 is 30.0 Å². The van der Waals surface area contributed by atoms with E-state index in [1.54, 1.807) is 58.6 Å². The topological polar surface area (TPSA) is 114 Å². The summed E-state index contributed by atoms with van der Waals surface area (Å²) in [5.41, 5.74) is 0.617. The second-order valence-corrected chi connectivity index (χ2v) is 15.2. The molecule has 0 aliphatic rings. The molecule has 276 valence electrons. The Morgan fingerprint density at radius 3 is 2.02 bits per heavy atom. The molecule has 50 heavy (non-hydrogen) atoms. The SMILES string of the molecule is C=Cc1cccc(C(C(=O)NC(Cc2ccccc2)C(=O)OC(C)(C)C)N(CCCCCCCC)C(=O)C(NC(=O)OC(C)(C)C)C(C)C)c1. The maximum Gasteiger partial charge on any atom is 0.408 e. The molecule has 0 bridgehead atoms. The minimum absolute atomic E-state index is 0.196. The molecule has 0 saturated heterocycles. The van der Waals surface area contributed by atoms with Gasteiger partial charge in [-0.25, -0.2) is 9.59 Å². The van der Waals surface area contributed by atoms with Crippen LogP contribution >= 0.6 is 0 Å². The number of benzene rings is 2. The molecule has 3 unspecified atom stereocenters. The van der Waals surface area contributed by atoms with E-state index in [9.17, 15) is 19.2 Å². The molecule has 0 aromatic heterocycles. The average Bonchev–Trinajstić information content (AvgIpc) is 3.02. The first-order valence-corrected chi connectivity index (χ1v) is 18.0. The molecule has 0 aliphatic heterocycles. The summed E-state index contributed by atoms with van der Waals surface area (Å²) in [6.07, 6.45) is 7.00. The second-order valence-electron chi connectivity index (χ2n) is 15.2. The summed E-state index contributed by atoms with van der Waals surface area (Å²) >= 11 is 0. The molecule has 0 heterocycles. The number of carbonyl (C=O) groups is 4. The van der Waals surface area contributed by atoms with Crippen LogP contribution in [-0.2, 0) is 30.3 Å². The molecule has 9 heteroatoms. The number of unbranched alkanes of at least 4 members (excludes halogenated alkanes) is 5. The van der Waals surface area contributed by atoms with Crippen molar-refractivity contribution < 1.29 is 28.7 Å². The summed E-state index contributed by atoms with van der Waals surface area (Å²) in [6.45, 7) is 20.6. The molecular formula is C41H61N3O6. The highest BCUT2D eigenvalue weighted by Crippen LogP contribution is 2.27. The van der Waals surface area contributed by atoms with Gasteiger partial charge >= 0.3 is 12.1 Å². The van der Waals surface area contributed by atoms with Crippen LogP contribution in [0.5, 0.6) is 0 Å². The summed E-state index contributed by atoms with van der Waals surface area (Å²) in [7, 11) is 0. The van der Waals surface area contributed by atoms with Crippen molar-refractivity contribution in [3.8, 4) is 0 Å². The summed E-state index contributed by atoms with van der Waals surface area (Å²) < 4.78 is 11.3. The van der Waals surface area contributed by atoms with E-state index in [-0.39, 0.29) is 18.9 Å². The number of amides is 3. The molecule has 0 saturated carbocycles. The molecule has 2 rings (SSSR count). The lowest BCUT2D eigenvalue weighted by molar-refractivity contribution is -0.159. The lowest BCUT2D eigenvalue weighted by atomic mass is 9.96. The van der Waals surface area contributed by atoms with Crippen molar-refractivity contribution in [2.45, 2.75) is 137 Å². The van der Waals surface area contributed by atoms with Crippen molar-refractivity contribution in [1.29, 1.82) is 0 Å². The zero-order valence-corrected chi connectivity index (χ0v) is 31.8. The number of esters is 1. The number of hydrogen-bond acceptors (Lipinski definition) is 6. The Balaban J connectivity index is 2.65. The number of ether oxygens (including phenoxy) is 2. The maximum atomic E-state index is 14.7. The van der Waals surface area contributed by atoms with Crippen LogP contribution in [0.2, 0.25) is 0 Å². The Labute approximate surface area is 300 Å². The first-order valence-electron chi connectivity index (χ1n) is 18.0. The van der Waals surface area contributed by atoms with Crippen molar-refractivity contribution in [3.63, 3.8) is 0 Å². The average molecular weight is 692 g/mol. The van der Waals surface area contributed by atoms with Crippen LogP contribution in [-0.4, -0.2) is 58.6 Å². The molecule has 0 aliphatic carbocycles. The van der Waals surface area contributed by atoms with Crippen LogP contribution in [0, 0.1) is 5.92 Å². The summed E-state index contributed by atoms with van der Waals surface area (Å²) in [4.78, 5) is 57.5. The highest BCUT2D eigenvalue weighted by molar-refractivity contribution is 5.94. The Kier molecular flexibility index (Phi) is 16.7. The largest absolute Gasteiger partial charge is 0.458 e. The second kappa shape index (κ2) is 19.9. The van der Waals surface area contributed by atoms with E-state index in [4.69, 9.17) is 9.47 Å². The van der Waals surface area contributed by atoms with Gasteiger partial charge in [0.05, 0.1) is 0 Å².